The molecule has 1 fully saturated rings. The number of ether oxygens (including phenoxy) is 2. The Kier molecular flexibility index (Phi) is 4.26. The Balaban J connectivity index is 1.57. The van der Waals surface area contributed by atoms with Gasteiger partial charge in [0.05, 0.1) is 6.54 Å². The monoisotopic (exact) mass is 384 g/mol. The summed E-state index contributed by atoms with van der Waals surface area (Å²) in [6, 6.07) is 9.27. The molecule has 0 bridgehead atoms. The van der Waals surface area contributed by atoms with Gasteiger partial charge in [-0.2, -0.15) is 0 Å². The molecule has 0 unspecified atom stereocenters. The summed E-state index contributed by atoms with van der Waals surface area (Å²) in [6.45, 7) is 1.97. The number of ketones is 1. The number of hydrogen-bond acceptors (Lipinski definition) is 5. The van der Waals surface area contributed by atoms with Gasteiger partial charge in [0.2, 0.25) is 0 Å². The molecule has 0 saturated carbocycles. The lowest BCUT2D eigenvalue weighted by Crippen LogP contribution is -2.41. The number of imide groups is 1. The van der Waals surface area contributed by atoms with Crippen molar-refractivity contribution in [1.82, 2.24) is 10.2 Å². The number of urea groups is 1. The van der Waals surface area contributed by atoms with Crippen LogP contribution in [0.15, 0.2) is 42.5 Å². The standard InChI is InChI=1S/C20H17FN2O5/c1-20(13-4-7-16-17(10-13)28-9-8-27-16)18(25)23(19(26)22-20)11-15(24)12-2-5-14(21)6-3-12/h2-7,10H,8-9,11H2,1H3,(H,22,26)/t20-/m0/s1. The van der Waals surface area contributed by atoms with E-state index >= 15 is 0 Å². The zero-order valence-corrected chi connectivity index (χ0v) is 15.0. The number of rotatable bonds is 4. The van der Waals surface area contributed by atoms with Crippen LogP contribution in [0.2, 0.25) is 0 Å². The number of nitrogens with one attached hydrogen (secondary N) is 1. The predicted molar refractivity (Wildman–Crippen MR) is 95.8 cm³/mol. The Morgan fingerprint density at radius 3 is 2.50 bits per heavy atom. The van der Waals surface area contributed by atoms with Crippen molar-refractivity contribution >= 4 is 17.7 Å². The van der Waals surface area contributed by atoms with Gasteiger partial charge in [-0.25, -0.2) is 9.18 Å². The summed E-state index contributed by atoms with van der Waals surface area (Å²) < 4.78 is 24.0. The molecule has 0 spiro atoms. The smallest absolute Gasteiger partial charge is 0.325 e. The SMILES string of the molecule is C[C@@]1(c2ccc3c(c2)OCCO3)NC(=O)N(CC(=O)c2ccc(F)cc2)C1=O. The molecule has 4 rings (SSSR count). The molecule has 28 heavy (non-hydrogen) atoms. The molecular formula is C20H17FN2O5. The highest BCUT2D eigenvalue weighted by Gasteiger charge is 2.49. The van der Waals surface area contributed by atoms with Gasteiger partial charge in [0.1, 0.15) is 24.6 Å². The van der Waals surface area contributed by atoms with Gasteiger partial charge in [0, 0.05) is 5.56 Å². The van der Waals surface area contributed by atoms with Crippen molar-refractivity contribution in [1.29, 1.82) is 0 Å². The predicted octanol–water partition coefficient (Wildman–Crippen LogP) is 2.25. The highest BCUT2D eigenvalue weighted by molar-refractivity contribution is 6.11. The van der Waals surface area contributed by atoms with Crippen molar-refractivity contribution in [3.63, 3.8) is 0 Å². The van der Waals surface area contributed by atoms with E-state index in [2.05, 4.69) is 5.32 Å². The molecule has 0 aromatic heterocycles. The van der Waals surface area contributed by atoms with Gasteiger partial charge in [-0.1, -0.05) is 6.07 Å². The van der Waals surface area contributed by atoms with Crippen LogP contribution in [0.5, 0.6) is 11.5 Å². The number of Topliss-reactive ketones (excluding diaryl/α,β-unsaturated/α-hetero) is 1. The number of carbonyl (C=O) groups is 3. The maximum absolute atomic E-state index is 13.0. The maximum atomic E-state index is 13.0. The summed E-state index contributed by atoms with van der Waals surface area (Å²) in [7, 11) is 0. The number of carbonyl (C=O) groups excluding carboxylic acids is 3. The van der Waals surface area contributed by atoms with Crippen LogP contribution in [0.25, 0.3) is 0 Å². The fraction of sp³-hybridized carbons (Fsp3) is 0.250. The van der Waals surface area contributed by atoms with E-state index in [9.17, 15) is 18.8 Å². The third-order valence-electron chi connectivity index (χ3n) is 4.86. The molecule has 1 atom stereocenters. The summed E-state index contributed by atoms with van der Waals surface area (Å²) in [5.74, 6) is -0.427. The highest BCUT2D eigenvalue weighted by Crippen LogP contribution is 2.36. The minimum Gasteiger partial charge on any atom is -0.486 e. The van der Waals surface area contributed by atoms with Gasteiger partial charge in [-0.15, -0.1) is 0 Å². The Morgan fingerprint density at radius 1 is 1.11 bits per heavy atom. The molecule has 3 amide bonds. The van der Waals surface area contributed by atoms with Crippen LogP contribution in [0, 0.1) is 5.82 Å². The largest absolute Gasteiger partial charge is 0.486 e. The fourth-order valence-corrected chi connectivity index (χ4v) is 3.26. The topological polar surface area (TPSA) is 84.9 Å². The first-order chi connectivity index (χ1) is 13.4. The lowest BCUT2D eigenvalue weighted by molar-refractivity contribution is -0.130. The summed E-state index contributed by atoms with van der Waals surface area (Å²) in [5, 5.41) is 2.65. The van der Waals surface area contributed by atoms with E-state index in [1.807, 2.05) is 0 Å². The van der Waals surface area contributed by atoms with E-state index in [1.54, 1.807) is 25.1 Å². The van der Waals surface area contributed by atoms with Crippen molar-refractivity contribution in [3.05, 3.63) is 59.4 Å². The number of halogens is 1. The van der Waals surface area contributed by atoms with E-state index in [0.29, 0.717) is 30.3 Å². The lowest BCUT2D eigenvalue weighted by atomic mass is 9.91. The minimum absolute atomic E-state index is 0.218. The zero-order valence-electron chi connectivity index (χ0n) is 15.0. The van der Waals surface area contributed by atoms with Crippen LogP contribution in [-0.2, 0) is 10.3 Å². The normalized spacial score (nSPS) is 20.9. The average molecular weight is 384 g/mol. The van der Waals surface area contributed by atoms with Crippen LogP contribution < -0.4 is 14.8 Å². The molecule has 7 nitrogen and oxygen atoms in total. The molecule has 2 aromatic rings. The van der Waals surface area contributed by atoms with Gasteiger partial charge in [0.15, 0.2) is 17.3 Å². The first kappa shape index (κ1) is 18.0. The van der Waals surface area contributed by atoms with Crippen molar-refractivity contribution in [3.8, 4) is 11.5 Å². The average Bonchev–Trinajstić information content (AvgIpc) is 2.92. The molecule has 8 heteroatoms. The lowest BCUT2D eigenvalue weighted by Gasteiger charge is -2.25. The van der Waals surface area contributed by atoms with Crippen molar-refractivity contribution < 1.29 is 28.2 Å². The number of nitrogens with zero attached hydrogens (tertiary/aromatic N) is 1. The maximum Gasteiger partial charge on any atom is 0.325 e. The number of benzene rings is 2. The Labute approximate surface area is 160 Å². The second-order valence-electron chi connectivity index (χ2n) is 6.73. The van der Waals surface area contributed by atoms with Crippen LogP contribution in [0.3, 0.4) is 0 Å². The van der Waals surface area contributed by atoms with Crippen molar-refractivity contribution in [2.45, 2.75) is 12.5 Å². The molecule has 2 aliphatic heterocycles. The Bertz CT molecular complexity index is 975. The second-order valence-corrected chi connectivity index (χ2v) is 6.73. The first-order valence-corrected chi connectivity index (χ1v) is 8.71. The van der Waals surface area contributed by atoms with Crippen molar-refractivity contribution in [2.75, 3.05) is 19.8 Å². The van der Waals surface area contributed by atoms with Crippen LogP contribution >= 0.6 is 0 Å². The highest BCUT2D eigenvalue weighted by atomic mass is 19.1. The quantitative estimate of drug-likeness (QED) is 0.646. The fourth-order valence-electron chi connectivity index (χ4n) is 3.26. The number of fused-ring (bicyclic) bond motifs is 1. The summed E-state index contributed by atoms with van der Waals surface area (Å²) in [6.07, 6.45) is 0. The molecule has 2 heterocycles. The molecule has 144 valence electrons. The van der Waals surface area contributed by atoms with Crippen LogP contribution in [-0.4, -0.2) is 42.4 Å². The van der Waals surface area contributed by atoms with Gasteiger partial charge < -0.3 is 14.8 Å². The van der Waals surface area contributed by atoms with Gasteiger partial charge >= 0.3 is 6.03 Å². The third-order valence-corrected chi connectivity index (χ3v) is 4.86. The summed E-state index contributed by atoms with van der Waals surface area (Å²) in [4.78, 5) is 38.7. The number of amides is 3. The third kappa shape index (κ3) is 2.96. The molecule has 1 N–H and O–H groups in total. The van der Waals surface area contributed by atoms with E-state index in [-0.39, 0.29) is 5.56 Å². The summed E-state index contributed by atoms with van der Waals surface area (Å²) in [5.41, 5.74) is -0.600. The van der Waals surface area contributed by atoms with Gasteiger partial charge in [-0.3, -0.25) is 14.5 Å². The minimum atomic E-state index is -1.34. The van der Waals surface area contributed by atoms with Crippen molar-refractivity contribution in [2.24, 2.45) is 0 Å². The number of hydrogen-bond donors (Lipinski definition) is 1. The second kappa shape index (κ2) is 6.63. The molecule has 0 aliphatic carbocycles. The molecule has 2 aromatic carbocycles. The van der Waals surface area contributed by atoms with E-state index < -0.39 is 35.6 Å². The van der Waals surface area contributed by atoms with E-state index in [4.69, 9.17) is 9.47 Å². The summed E-state index contributed by atoms with van der Waals surface area (Å²) >= 11 is 0. The molecular weight excluding hydrogens is 367 g/mol. The molecule has 2 aliphatic rings. The van der Waals surface area contributed by atoms with Crippen LogP contribution in [0.1, 0.15) is 22.8 Å². The first-order valence-electron chi connectivity index (χ1n) is 8.71. The van der Waals surface area contributed by atoms with Crippen LogP contribution in [0.4, 0.5) is 9.18 Å². The molecule has 1 saturated heterocycles. The van der Waals surface area contributed by atoms with E-state index in [1.165, 1.54) is 12.1 Å². The van der Waals surface area contributed by atoms with Gasteiger partial charge in [-0.05, 0) is 48.9 Å². The zero-order chi connectivity index (χ0) is 19.9. The van der Waals surface area contributed by atoms with Gasteiger partial charge in [0.25, 0.3) is 5.91 Å². The Hall–Kier alpha value is -3.42. The Morgan fingerprint density at radius 2 is 1.79 bits per heavy atom. The van der Waals surface area contributed by atoms with E-state index in [0.717, 1.165) is 17.0 Å². The molecule has 0 radical (unpaired) electrons.